The number of rotatable bonds is 22. The second-order valence-electron chi connectivity index (χ2n) is 6.39. The van der Waals surface area contributed by atoms with E-state index in [1.165, 1.54) is 12.8 Å². The third-order valence-corrected chi connectivity index (χ3v) is 3.87. The monoisotopic (exact) mass is 375 g/mol. The minimum atomic E-state index is -0.703. The maximum atomic E-state index is 10.4. The van der Waals surface area contributed by atoms with Crippen LogP contribution in [0.4, 0.5) is 0 Å². The Kier molecular flexibility index (Phi) is 21.7. The number of nitrogens with one attached hydrogen (secondary N) is 3. The normalized spacial score (nSPS) is 11.1. The van der Waals surface area contributed by atoms with Crippen molar-refractivity contribution in [2.45, 2.75) is 51.9 Å². The fourth-order valence-electron chi connectivity index (χ4n) is 2.32. The molecule has 0 aliphatic heterocycles. The molecule has 0 unspecified atom stereocenters. The lowest BCUT2D eigenvalue weighted by Crippen LogP contribution is -2.30. The van der Waals surface area contributed by atoms with Crippen molar-refractivity contribution < 1.29 is 19.4 Å². The second-order valence-corrected chi connectivity index (χ2v) is 6.39. The zero-order chi connectivity index (χ0) is 19.1. The first kappa shape index (κ1) is 25.3. The van der Waals surface area contributed by atoms with E-state index in [0.717, 1.165) is 78.2 Å². The Morgan fingerprint density at radius 1 is 0.692 bits per heavy atom. The molecule has 0 heterocycles. The molecule has 0 saturated carbocycles. The van der Waals surface area contributed by atoms with E-state index in [0.29, 0.717) is 13.2 Å². The van der Waals surface area contributed by atoms with Gasteiger partial charge in [-0.2, -0.15) is 0 Å². The molecule has 0 fully saturated rings. The van der Waals surface area contributed by atoms with E-state index < -0.39 is 5.97 Å². The summed E-state index contributed by atoms with van der Waals surface area (Å²) in [5, 5.41) is 18.6. The number of aliphatic carboxylic acids is 1. The molecule has 0 amide bonds. The lowest BCUT2D eigenvalue weighted by atomic mass is 10.2. The fourth-order valence-corrected chi connectivity index (χ4v) is 2.32. The number of hydrogen-bond acceptors (Lipinski definition) is 6. The summed E-state index contributed by atoms with van der Waals surface area (Å²) in [4.78, 5) is 10.4. The van der Waals surface area contributed by atoms with Gasteiger partial charge in [-0.25, -0.2) is 0 Å². The summed E-state index contributed by atoms with van der Waals surface area (Å²) in [5.41, 5.74) is 0. The van der Waals surface area contributed by atoms with Gasteiger partial charge in [0.05, 0.1) is 19.8 Å². The molecule has 0 saturated heterocycles. The van der Waals surface area contributed by atoms with Gasteiger partial charge >= 0.3 is 5.97 Å². The van der Waals surface area contributed by atoms with Crippen molar-refractivity contribution in [3.8, 4) is 0 Å². The molecule has 156 valence electrons. The Labute approximate surface area is 159 Å². The molecule has 0 aromatic carbocycles. The molecule has 0 aromatic rings. The molecule has 0 aliphatic rings. The van der Waals surface area contributed by atoms with Crippen molar-refractivity contribution in [1.29, 1.82) is 0 Å². The first-order chi connectivity index (χ1) is 12.8. The van der Waals surface area contributed by atoms with Crippen LogP contribution in [-0.2, 0) is 14.3 Å². The smallest absolute Gasteiger partial charge is 0.303 e. The van der Waals surface area contributed by atoms with Gasteiger partial charge < -0.3 is 30.5 Å². The molecule has 0 bridgehead atoms. The fraction of sp³-hybridized carbons (Fsp3) is 0.947. The summed E-state index contributed by atoms with van der Waals surface area (Å²) >= 11 is 0. The van der Waals surface area contributed by atoms with Crippen LogP contribution < -0.4 is 16.0 Å². The van der Waals surface area contributed by atoms with Crippen LogP contribution in [0.25, 0.3) is 0 Å². The number of unbranched alkanes of at least 4 members (excludes halogenated alkanes) is 3. The van der Waals surface area contributed by atoms with Crippen LogP contribution in [0.15, 0.2) is 0 Å². The second kappa shape index (κ2) is 22.3. The highest BCUT2D eigenvalue weighted by molar-refractivity contribution is 5.66. The first-order valence-corrected chi connectivity index (χ1v) is 10.3. The molecule has 0 atom stereocenters. The van der Waals surface area contributed by atoms with Crippen LogP contribution in [-0.4, -0.2) is 76.8 Å². The van der Waals surface area contributed by atoms with Gasteiger partial charge in [-0.3, -0.25) is 4.79 Å². The number of carboxylic acids is 1. The lowest BCUT2D eigenvalue weighted by molar-refractivity contribution is -0.137. The zero-order valence-corrected chi connectivity index (χ0v) is 16.7. The van der Waals surface area contributed by atoms with E-state index >= 15 is 0 Å². The standard InChI is InChI=1S/C19H41N3O4/c1-2-3-9-21-12-13-22-14-16-26-18-17-25-15-7-11-20-10-6-4-5-8-19(23)24/h20-22H,2-18H2,1H3,(H,23,24). The Hall–Kier alpha value is -0.730. The molecule has 7 heteroatoms. The van der Waals surface area contributed by atoms with Crippen molar-refractivity contribution in [1.82, 2.24) is 16.0 Å². The van der Waals surface area contributed by atoms with E-state index in [-0.39, 0.29) is 6.42 Å². The van der Waals surface area contributed by atoms with Gasteiger partial charge in [-0.15, -0.1) is 0 Å². The van der Waals surface area contributed by atoms with Crippen molar-refractivity contribution in [2.24, 2.45) is 0 Å². The van der Waals surface area contributed by atoms with Gasteiger partial charge in [-0.1, -0.05) is 19.8 Å². The summed E-state index contributed by atoms with van der Waals surface area (Å²) in [5.74, 6) is -0.703. The van der Waals surface area contributed by atoms with Gasteiger partial charge in [0.2, 0.25) is 0 Å². The first-order valence-electron chi connectivity index (χ1n) is 10.3. The van der Waals surface area contributed by atoms with Gasteiger partial charge in [0.15, 0.2) is 0 Å². The Morgan fingerprint density at radius 2 is 1.31 bits per heavy atom. The molecule has 0 aromatic heterocycles. The van der Waals surface area contributed by atoms with Crippen LogP contribution in [0, 0.1) is 0 Å². The average molecular weight is 376 g/mol. The highest BCUT2D eigenvalue weighted by Gasteiger charge is 1.96. The van der Waals surface area contributed by atoms with Gasteiger partial charge in [0.25, 0.3) is 0 Å². The van der Waals surface area contributed by atoms with Crippen LogP contribution in [0.1, 0.15) is 51.9 Å². The average Bonchev–Trinajstić information content (AvgIpc) is 2.62. The number of carbonyl (C=O) groups is 1. The van der Waals surface area contributed by atoms with Crippen molar-refractivity contribution >= 4 is 5.97 Å². The highest BCUT2D eigenvalue weighted by atomic mass is 16.5. The van der Waals surface area contributed by atoms with E-state index in [4.69, 9.17) is 14.6 Å². The third-order valence-electron chi connectivity index (χ3n) is 3.87. The summed E-state index contributed by atoms with van der Waals surface area (Å²) in [7, 11) is 0. The molecule has 7 nitrogen and oxygen atoms in total. The largest absolute Gasteiger partial charge is 0.481 e. The Bertz CT molecular complexity index is 294. The van der Waals surface area contributed by atoms with Crippen molar-refractivity contribution in [3.63, 3.8) is 0 Å². The number of carboxylic acid groups (broad SMARTS) is 1. The molecular formula is C19H41N3O4. The van der Waals surface area contributed by atoms with E-state index in [2.05, 4.69) is 22.9 Å². The van der Waals surface area contributed by atoms with Gasteiger partial charge in [-0.05, 0) is 45.3 Å². The van der Waals surface area contributed by atoms with E-state index in [1.807, 2.05) is 0 Å². The van der Waals surface area contributed by atoms with Gasteiger partial charge in [0.1, 0.15) is 0 Å². The maximum Gasteiger partial charge on any atom is 0.303 e. The Balaban J connectivity index is 2.98. The summed E-state index contributed by atoms with van der Waals surface area (Å²) < 4.78 is 11.0. The van der Waals surface area contributed by atoms with Crippen LogP contribution in [0.2, 0.25) is 0 Å². The molecule has 4 N–H and O–H groups in total. The maximum absolute atomic E-state index is 10.4. The minimum Gasteiger partial charge on any atom is -0.481 e. The van der Waals surface area contributed by atoms with E-state index in [1.54, 1.807) is 0 Å². The minimum absolute atomic E-state index is 0.280. The predicted octanol–water partition coefficient (Wildman–Crippen LogP) is 1.62. The quantitative estimate of drug-likeness (QED) is 0.214. The highest BCUT2D eigenvalue weighted by Crippen LogP contribution is 1.98. The zero-order valence-electron chi connectivity index (χ0n) is 16.7. The molecule has 0 rings (SSSR count). The SMILES string of the molecule is CCCCNCCNCCOCCOCCCNCCCCCC(=O)O. The topological polar surface area (TPSA) is 91.9 Å². The number of ether oxygens (including phenoxy) is 2. The predicted molar refractivity (Wildman–Crippen MR) is 106 cm³/mol. The molecule has 0 spiro atoms. The van der Waals surface area contributed by atoms with Crippen LogP contribution in [0.3, 0.4) is 0 Å². The summed E-state index contributed by atoms with van der Waals surface area (Å²) in [6, 6.07) is 0. The summed E-state index contributed by atoms with van der Waals surface area (Å²) in [6.07, 6.45) is 6.52. The lowest BCUT2D eigenvalue weighted by Gasteiger charge is -2.08. The number of hydrogen-bond donors (Lipinski definition) is 4. The molecule has 0 aliphatic carbocycles. The van der Waals surface area contributed by atoms with E-state index in [9.17, 15) is 4.79 Å². The Morgan fingerprint density at radius 3 is 2.04 bits per heavy atom. The third kappa shape index (κ3) is 23.3. The van der Waals surface area contributed by atoms with Gasteiger partial charge in [0, 0.05) is 32.7 Å². The van der Waals surface area contributed by atoms with Crippen LogP contribution in [0.5, 0.6) is 0 Å². The molecule has 26 heavy (non-hydrogen) atoms. The van der Waals surface area contributed by atoms with Crippen LogP contribution >= 0.6 is 0 Å². The molecule has 0 radical (unpaired) electrons. The van der Waals surface area contributed by atoms with Crippen molar-refractivity contribution in [2.75, 3.05) is 65.7 Å². The summed E-state index contributed by atoms with van der Waals surface area (Å²) in [6.45, 7) is 10.8. The van der Waals surface area contributed by atoms with Crippen molar-refractivity contribution in [3.05, 3.63) is 0 Å². The molecular weight excluding hydrogens is 334 g/mol.